The van der Waals surface area contributed by atoms with Gasteiger partial charge in [-0.2, -0.15) is 0 Å². The van der Waals surface area contributed by atoms with Crippen LogP contribution in [0, 0.1) is 0 Å². The third-order valence-corrected chi connectivity index (χ3v) is 4.49. The summed E-state index contributed by atoms with van der Waals surface area (Å²) in [7, 11) is 3.81. The molecule has 0 saturated carbocycles. The molecule has 1 aromatic rings. The maximum absolute atomic E-state index is 6.09. The monoisotopic (exact) mass is 276 g/mol. The van der Waals surface area contributed by atoms with Crippen molar-refractivity contribution in [1.29, 1.82) is 0 Å². The molecule has 110 valence electrons. The maximum atomic E-state index is 6.09. The van der Waals surface area contributed by atoms with E-state index < -0.39 is 0 Å². The Kier molecular flexibility index (Phi) is 3.61. The topological polar surface area (TPSA) is 33.7 Å². The fraction of sp³-hybridized carbons (Fsp3) is 0.625. The van der Waals surface area contributed by atoms with Crippen molar-refractivity contribution in [2.24, 2.45) is 0 Å². The minimum Gasteiger partial charge on any atom is -0.493 e. The van der Waals surface area contributed by atoms with Crippen LogP contribution in [-0.4, -0.2) is 44.8 Å². The van der Waals surface area contributed by atoms with E-state index in [0.717, 1.165) is 31.1 Å². The van der Waals surface area contributed by atoms with Gasteiger partial charge in [0, 0.05) is 18.6 Å². The predicted octanol–water partition coefficient (Wildman–Crippen LogP) is 1.99. The van der Waals surface area contributed by atoms with E-state index in [4.69, 9.17) is 9.47 Å². The third-order valence-electron chi connectivity index (χ3n) is 4.49. The molecule has 2 aliphatic heterocycles. The van der Waals surface area contributed by atoms with Crippen molar-refractivity contribution < 1.29 is 9.47 Å². The van der Waals surface area contributed by atoms with E-state index in [1.54, 1.807) is 7.11 Å². The number of ether oxygens (including phenoxy) is 2. The fourth-order valence-electron chi connectivity index (χ4n) is 3.15. The molecule has 1 aromatic carbocycles. The normalized spacial score (nSPS) is 27.4. The molecule has 0 spiro atoms. The fourth-order valence-corrected chi connectivity index (χ4v) is 3.15. The average molecular weight is 276 g/mol. The number of hydrogen-bond donors (Lipinski definition) is 1. The van der Waals surface area contributed by atoms with Crippen LogP contribution in [0.4, 0.5) is 0 Å². The molecule has 2 fully saturated rings. The molecule has 2 aliphatic rings. The van der Waals surface area contributed by atoms with Crippen molar-refractivity contribution in [3.63, 3.8) is 0 Å². The lowest BCUT2D eigenvalue weighted by molar-refractivity contribution is 0.0368. The Balaban J connectivity index is 1.82. The van der Waals surface area contributed by atoms with Crippen molar-refractivity contribution in [1.82, 2.24) is 10.2 Å². The van der Waals surface area contributed by atoms with Crippen molar-refractivity contribution >= 4 is 0 Å². The van der Waals surface area contributed by atoms with E-state index in [2.05, 4.69) is 36.3 Å². The number of benzene rings is 1. The molecular formula is C16H24N2O2. The molecule has 2 heterocycles. The van der Waals surface area contributed by atoms with Gasteiger partial charge in [-0.1, -0.05) is 6.07 Å². The van der Waals surface area contributed by atoms with Crippen LogP contribution < -0.4 is 14.8 Å². The Morgan fingerprint density at radius 2 is 2.10 bits per heavy atom. The lowest BCUT2D eigenvalue weighted by Gasteiger charge is -2.36. The summed E-state index contributed by atoms with van der Waals surface area (Å²) in [5, 5.41) is 3.60. The average Bonchev–Trinajstić information content (AvgIpc) is 2.85. The molecule has 2 saturated heterocycles. The Bertz CT molecular complexity index is 477. The van der Waals surface area contributed by atoms with E-state index in [-0.39, 0.29) is 11.6 Å². The first-order chi connectivity index (χ1) is 9.60. The number of nitrogens with zero attached hydrogens (tertiary/aromatic N) is 1. The van der Waals surface area contributed by atoms with Crippen LogP contribution in [0.5, 0.6) is 11.5 Å². The Labute approximate surface area is 121 Å². The van der Waals surface area contributed by atoms with Gasteiger partial charge in [-0.25, -0.2) is 0 Å². The molecule has 4 nitrogen and oxygen atoms in total. The molecule has 0 bridgehead atoms. The number of hydrogen-bond acceptors (Lipinski definition) is 4. The summed E-state index contributed by atoms with van der Waals surface area (Å²) < 4.78 is 11.5. The highest BCUT2D eigenvalue weighted by molar-refractivity contribution is 5.45. The maximum Gasteiger partial charge on any atom is 0.162 e. The third kappa shape index (κ3) is 2.50. The van der Waals surface area contributed by atoms with Crippen LogP contribution in [0.15, 0.2) is 18.2 Å². The van der Waals surface area contributed by atoms with Crippen molar-refractivity contribution in [2.75, 3.05) is 33.8 Å². The van der Waals surface area contributed by atoms with E-state index in [0.29, 0.717) is 0 Å². The second-order valence-corrected chi connectivity index (χ2v) is 6.19. The van der Waals surface area contributed by atoms with Crippen molar-refractivity contribution in [2.45, 2.75) is 31.4 Å². The van der Waals surface area contributed by atoms with Crippen LogP contribution in [-0.2, 0) is 5.54 Å². The molecule has 1 atom stereocenters. The van der Waals surface area contributed by atoms with Gasteiger partial charge < -0.3 is 14.8 Å². The number of rotatable bonds is 4. The van der Waals surface area contributed by atoms with Crippen LogP contribution in [0.2, 0.25) is 0 Å². The highest BCUT2D eigenvalue weighted by Gasteiger charge is 2.31. The Morgan fingerprint density at radius 1 is 1.30 bits per heavy atom. The zero-order chi connectivity index (χ0) is 14.2. The van der Waals surface area contributed by atoms with E-state index in [1.807, 2.05) is 6.07 Å². The lowest BCUT2D eigenvalue weighted by atomic mass is 9.90. The highest BCUT2D eigenvalue weighted by atomic mass is 16.5. The first kappa shape index (κ1) is 13.7. The summed E-state index contributed by atoms with van der Waals surface area (Å²) >= 11 is 0. The number of likely N-dealkylation sites (tertiary alicyclic amines) is 1. The van der Waals surface area contributed by atoms with Gasteiger partial charge in [0.1, 0.15) is 6.10 Å². The minimum atomic E-state index is 0.0702. The van der Waals surface area contributed by atoms with Gasteiger partial charge in [-0.3, -0.25) is 4.90 Å². The molecule has 0 radical (unpaired) electrons. The molecule has 0 amide bonds. The molecule has 3 rings (SSSR count). The zero-order valence-corrected chi connectivity index (χ0v) is 12.6. The lowest BCUT2D eigenvalue weighted by Crippen LogP contribution is -2.51. The standard InChI is InChI=1S/C16H24N2O2/c1-16(7-4-8-17-16)12-5-6-14(19-3)15(9-12)20-13-10-18(2)11-13/h5-6,9,13,17H,4,7-8,10-11H2,1-3H3. The summed E-state index contributed by atoms with van der Waals surface area (Å²) in [5.41, 5.74) is 1.36. The molecule has 4 heteroatoms. The van der Waals surface area contributed by atoms with Crippen molar-refractivity contribution in [3.8, 4) is 11.5 Å². The van der Waals surface area contributed by atoms with Gasteiger partial charge in [0.05, 0.1) is 7.11 Å². The van der Waals surface area contributed by atoms with Gasteiger partial charge in [0.15, 0.2) is 11.5 Å². The predicted molar refractivity (Wildman–Crippen MR) is 79.5 cm³/mol. The molecule has 0 aromatic heterocycles. The zero-order valence-electron chi connectivity index (χ0n) is 12.6. The number of methoxy groups -OCH3 is 1. The molecule has 20 heavy (non-hydrogen) atoms. The van der Waals surface area contributed by atoms with Gasteiger partial charge in [0.25, 0.3) is 0 Å². The van der Waals surface area contributed by atoms with Crippen LogP contribution in [0.1, 0.15) is 25.3 Å². The van der Waals surface area contributed by atoms with Gasteiger partial charge in [-0.15, -0.1) is 0 Å². The summed E-state index contributed by atoms with van der Waals surface area (Å²) in [6.45, 7) is 5.33. The van der Waals surface area contributed by atoms with Crippen LogP contribution in [0.3, 0.4) is 0 Å². The summed E-state index contributed by atoms with van der Waals surface area (Å²) in [5.74, 6) is 1.70. The molecule has 0 aliphatic carbocycles. The van der Waals surface area contributed by atoms with Gasteiger partial charge in [0.2, 0.25) is 0 Å². The Morgan fingerprint density at radius 3 is 2.70 bits per heavy atom. The van der Waals surface area contributed by atoms with E-state index in [9.17, 15) is 0 Å². The molecular weight excluding hydrogens is 252 g/mol. The second-order valence-electron chi connectivity index (χ2n) is 6.19. The van der Waals surface area contributed by atoms with Gasteiger partial charge >= 0.3 is 0 Å². The first-order valence-corrected chi connectivity index (χ1v) is 7.39. The van der Waals surface area contributed by atoms with Crippen LogP contribution in [0.25, 0.3) is 0 Å². The summed E-state index contributed by atoms with van der Waals surface area (Å²) in [6.07, 6.45) is 2.69. The number of likely N-dealkylation sites (N-methyl/N-ethyl adjacent to an activating group) is 1. The minimum absolute atomic E-state index is 0.0702. The molecule has 1 unspecified atom stereocenters. The SMILES string of the molecule is COc1ccc(C2(C)CCCN2)cc1OC1CN(C)C1. The van der Waals surface area contributed by atoms with Crippen LogP contribution >= 0.6 is 0 Å². The van der Waals surface area contributed by atoms with E-state index >= 15 is 0 Å². The second kappa shape index (κ2) is 5.26. The summed E-state index contributed by atoms with van der Waals surface area (Å²) in [4.78, 5) is 2.25. The number of nitrogens with one attached hydrogen (secondary N) is 1. The summed E-state index contributed by atoms with van der Waals surface area (Å²) in [6, 6.07) is 6.32. The first-order valence-electron chi connectivity index (χ1n) is 7.39. The van der Waals surface area contributed by atoms with Gasteiger partial charge in [-0.05, 0) is 51.1 Å². The quantitative estimate of drug-likeness (QED) is 0.912. The Hall–Kier alpha value is -1.26. The van der Waals surface area contributed by atoms with E-state index in [1.165, 1.54) is 18.4 Å². The largest absolute Gasteiger partial charge is 0.493 e. The smallest absolute Gasteiger partial charge is 0.162 e. The molecule has 1 N–H and O–H groups in total. The van der Waals surface area contributed by atoms with Crippen molar-refractivity contribution in [3.05, 3.63) is 23.8 Å². The highest BCUT2D eigenvalue weighted by Crippen LogP contribution is 2.37.